The molecule has 7 nitrogen and oxygen atoms in total. The van der Waals surface area contributed by atoms with Gasteiger partial charge in [-0.25, -0.2) is 14.1 Å². The lowest BCUT2D eigenvalue weighted by atomic mass is 10.3. The third-order valence-electron chi connectivity index (χ3n) is 3.21. The van der Waals surface area contributed by atoms with Crippen molar-refractivity contribution >= 4 is 38.6 Å². The van der Waals surface area contributed by atoms with E-state index < -0.39 is 11.7 Å². The number of rotatable bonds is 3. The Hall–Kier alpha value is -2.55. The summed E-state index contributed by atoms with van der Waals surface area (Å²) in [6.07, 6.45) is 1.29. The molecule has 1 amide bonds. The molecule has 3 rings (SSSR count). The predicted molar refractivity (Wildman–Crippen MR) is 85.5 cm³/mol. The summed E-state index contributed by atoms with van der Waals surface area (Å²) in [6.45, 7) is -0.208. The summed E-state index contributed by atoms with van der Waals surface area (Å²) in [5, 5.41) is 6.97. The standard InChI is InChI=1S/C14H11BrFN5O2/c1-20-13-11(12(15)19-20)14(23)21(7-17-13)6-10(22)18-9-4-2-8(16)3-5-9/h2-5,7H,6H2,1H3,(H,18,22). The highest BCUT2D eigenvalue weighted by Crippen LogP contribution is 2.16. The smallest absolute Gasteiger partial charge is 0.266 e. The molecular weight excluding hydrogens is 369 g/mol. The van der Waals surface area contributed by atoms with Crippen LogP contribution in [-0.2, 0) is 18.4 Å². The van der Waals surface area contributed by atoms with Gasteiger partial charge in [0.1, 0.15) is 28.7 Å². The quantitative estimate of drug-likeness (QED) is 0.750. The molecule has 0 saturated carbocycles. The van der Waals surface area contributed by atoms with Gasteiger partial charge in [-0.1, -0.05) is 0 Å². The summed E-state index contributed by atoms with van der Waals surface area (Å²) < 4.78 is 15.9. The Labute approximate surface area is 137 Å². The van der Waals surface area contributed by atoms with E-state index in [2.05, 4.69) is 31.3 Å². The van der Waals surface area contributed by atoms with Gasteiger partial charge < -0.3 is 5.32 Å². The lowest BCUT2D eigenvalue weighted by Gasteiger charge is -2.07. The van der Waals surface area contributed by atoms with E-state index in [-0.39, 0.29) is 12.1 Å². The van der Waals surface area contributed by atoms with Crippen molar-refractivity contribution in [3.8, 4) is 0 Å². The lowest BCUT2D eigenvalue weighted by Crippen LogP contribution is -2.28. The molecule has 9 heteroatoms. The summed E-state index contributed by atoms with van der Waals surface area (Å²) in [7, 11) is 1.67. The fourth-order valence-corrected chi connectivity index (χ4v) is 2.72. The number of anilines is 1. The lowest BCUT2D eigenvalue weighted by molar-refractivity contribution is -0.116. The average Bonchev–Trinajstić information content (AvgIpc) is 2.79. The summed E-state index contributed by atoms with van der Waals surface area (Å²) in [6, 6.07) is 5.36. The predicted octanol–water partition coefficient (Wildman–Crippen LogP) is 1.67. The number of nitrogens with one attached hydrogen (secondary N) is 1. The van der Waals surface area contributed by atoms with Gasteiger partial charge in [-0.15, -0.1) is 0 Å². The molecule has 0 spiro atoms. The first-order valence-corrected chi connectivity index (χ1v) is 7.38. The van der Waals surface area contributed by atoms with Crippen LogP contribution in [0.15, 0.2) is 40.0 Å². The number of carbonyl (C=O) groups excluding carboxylic acids is 1. The number of halogens is 2. The van der Waals surface area contributed by atoms with E-state index in [1.165, 1.54) is 39.8 Å². The number of carbonyl (C=O) groups is 1. The minimum atomic E-state index is -0.417. The van der Waals surface area contributed by atoms with Crippen molar-refractivity contribution in [3.05, 3.63) is 51.4 Å². The molecule has 0 atom stereocenters. The largest absolute Gasteiger partial charge is 0.325 e. The fraction of sp³-hybridized carbons (Fsp3) is 0.143. The van der Waals surface area contributed by atoms with E-state index in [4.69, 9.17) is 0 Å². The van der Waals surface area contributed by atoms with Gasteiger partial charge in [-0.05, 0) is 40.2 Å². The van der Waals surface area contributed by atoms with Gasteiger partial charge in [0.25, 0.3) is 5.56 Å². The summed E-state index contributed by atoms with van der Waals surface area (Å²) in [4.78, 5) is 28.6. The van der Waals surface area contributed by atoms with Gasteiger partial charge in [0, 0.05) is 12.7 Å². The maximum absolute atomic E-state index is 12.8. The van der Waals surface area contributed by atoms with Crippen molar-refractivity contribution in [2.24, 2.45) is 7.05 Å². The molecule has 1 aromatic carbocycles. The van der Waals surface area contributed by atoms with Crippen LogP contribution < -0.4 is 10.9 Å². The number of aromatic nitrogens is 4. The van der Waals surface area contributed by atoms with Crippen LogP contribution in [0.25, 0.3) is 11.0 Å². The zero-order valence-corrected chi connectivity index (χ0v) is 13.5. The summed E-state index contributed by atoms with van der Waals surface area (Å²) >= 11 is 3.21. The van der Waals surface area contributed by atoms with Crippen molar-refractivity contribution in [2.45, 2.75) is 6.54 Å². The molecular formula is C14H11BrFN5O2. The van der Waals surface area contributed by atoms with Gasteiger partial charge in [-0.2, -0.15) is 5.10 Å². The molecule has 0 aliphatic rings. The zero-order valence-electron chi connectivity index (χ0n) is 12.0. The molecule has 118 valence electrons. The number of nitrogens with zero attached hydrogens (tertiary/aromatic N) is 4. The third kappa shape index (κ3) is 3.00. The van der Waals surface area contributed by atoms with Gasteiger partial charge in [0.15, 0.2) is 5.65 Å². The van der Waals surface area contributed by atoms with Crippen LogP contribution in [0.3, 0.4) is 0 Å². The average molecular weight is 380 g/mol. The second kappa shape index (κ2) is 5.92. The fourth-order valence-electron chi connectivity index (χ4n) is 2.14. The van der Waals surface area contributed by atoms with E-state index in [0.29, 0.717) is 21.3 Å². The van der Waals surface area contributed by atoms with Crippen molar-refractivity contribution in [1.82, 2.24) is 19.3 Å². The Morgan fingerprint density at radius 3 is 2.74 bits per heavy atom. The van der Waals surface area contributed by atoms with Crippen LogP contribution in [0.1, 0.15) is 0 Å². The maximum atomic E-state index is 12.8. The zero-order chi connectivity index (χ0) is 16.6. The highest BCUT2D eigenvalue weighted by molar-refractivity contribution is 9.10. The van der Waals surface area contributed by atoms with Gasteiger partial charge in [-0.3, -0.25) is 14.2 Å². The molecule has 2 aromatic heterocycles. The first-order valence-electron chi connectivity index (χ1n) is 6.59. The highest BCUT2D eigenvalue weighted by Gasteiger charge is 2.15. The molecule has 0 unspecified atom stereocenters. The van der Waals surface area contributed by atoms with E-state index in [9.17, 15) is 14.0 Å². The second-order valence-electron chi connectivity index (χ2n) is 4.85. The first-order chi connectivity index (χ1) is 11.0. The Kier molecular flexibility index (Phi) is 3.95. The Morgan fingerprint density at radius 1 is 1.35 bits per heavy atom. The number of amides is 1. The van der Waals surface area contributed by atoms with Crippen molar-refractivity contribution < 1.29 is 9.18 Å². The molecule has 0 aliphatic heterocycles. The molecule has 3 aromatic rings. The van der Waals surface area contributed by atoms with Gasteiger partial charge in [0.2, 0.25) is 5.91 Å². The summed E-state index contributed by atoms with van der Waals surface area (Å²) in [5.41, 5.74) is 0.502. The number of benzene rings is 1. The topological polar surface area (TPSA) is 81.8 Å². The van der Waals surface area contributed by atoms with E-state index in [0.717, 1.165) is 0 Å². The first kappa shape index (κ1) is 15.3. The normalized spacial score (nSPS) is 10.9. The maximum Gasteiger partial charge on any atom is 0.266 e. The second-order valence-corrected chi connectivity index (χ2v) is 5.60. The Bertz CT molecular complexity index is 948. The van der Waals surface area contributed by atoms with Crippen LogP contribution >= 0.6 is 15.9 Å². The highest BCUT2D eigenvalue weighted by atomic mass is 79.9. The van der Waals surface area contributed by atoms with E-state index in [1.54, 1.807) is 7.05 Å². The SMILES string of the molecule is Cn1nc(Br)c2c(=O)n(CC(=O)Nc3ccc(F)cc3)cnc21. The Balaban J connectivity index is 1.85. The van der Waals surface area contributed by atoms with Gasteiger partial charge in [0.05, 0.1) is 0 Å². The molecule has 2 heterocycles. The van der Waals surface area contributed by atoms with E-state index in [1.807, 2.05) is 0 Å². The van der Waals surface area contributed by atoms with Crippen LogP contribution in [0.2, 0.25) is 0 Å². The summed E-state index contributed by atoms with van der Waals surface area (Å²) in [5.74, 6) is -0.810. The molecule has 0 aliphatic carbocycles. The van der Waals surface area contributed by atoms with Crippen LogP contribution in [-0.4, -0.2) is 25.2 Å². The Morgan fingerprint density at radius 2 is 2.04 bits per heavy atom. The van der Waals surface area contributed by atoms with Crippen molar-refractivity contribution in [3.63, 3.8) is 0 Å². The number of hydrogen-bond donors (Lipinski definition) is 1. The van der Waals surface area contributed by atoms with Crippen LogP contribution in [0.5, 0.6) is 0 Å². The van der Waals surface area contributed by atoms with Crippen molar-refractivity contribution in [1.29, 1.82) is 0 Å². The molecule has 23 heavy (non-hydrogen) atoms. The minimum Gasteiger partial charge on any atom is -0.325 e. The van der Waals surface area contributed by atoms with Crippen LogP contribution in [0, 0.1) is 5.82 Å². The van der Waals surface area contributed by atoms with Crippen molar-refractivity contribution in [2.75, 3.05) is 5.32 Å². The molecule has 1 N–H and O–H groups in total. The van der Waals surface area contributed by atoms with Crippen LogP contribution in [0.4, 0.5) is 10.1 Å². The number of aryl methyl sites for hydroxylation is 1. The molecule has 0 saturated heterocycles. The molecule has 0 bridgehead atoms. The van der Waals surface area contributed by atoms with E-state index >= 15 is 0 Å². The monoisotopic (exact) mass is 379 g/mol. The molecule has 0 fully saturated rings. The third-order valence-corrected chi connectivity index (χ3v) is 3.77. The minimum absolute atomic E-state index is 0.208. The molecule has 0 radical (unpaired) electrons. The number of fused-ring (bicyclic) bond motifs is 1. The van der Waals surface area contributed by atoms with Gasteiger partial charge >= 0.3 is 0 Å². The number of hydrogen-bond acceptors (Lipinski definition) is 4.